The van der Waals surface area contributed by atoms with Gasteiger partial charge in [0.25, 0.3) is 0 Å². The van der Waals surface area contributed by atoms with Gasteiger partial charge in [-0.05, 0) is 50.5 Å². The zero-order valence-corrected chi connectivity index (χ0v) is 11.4. The highest BCUT2D eigenvalue weighted by atomic mass is 16.5. The van der Waals surface area contributed by atoms with E-state index in [0.29, 0.717) is 0 Å². The summed E-state index contributed by atoms with van der Waals surface area (Å²) in [6.07, 6.45) is 4.28. The van der Waals surface area contributed by atoms with Crippen LogP contribution in [-0.4, -0.2) is 17.7 Å². The van der Waals surface area contributed by atoms with E-state index in [-0.39, 0.29) is 6.04 Å². The highest BCUT2D eigenvalue weighted by Gasteiger charge is 2.09. The largest absolute Gasteiger partial charge is 0.497 e. The standard InChI is InChI=1S/C15H22N2O/c1-4-17-10-12(6-5-11(2)16)14-9-13(18-3)7-8-15(14)17/h7-11H,4-6,16H2,1-3H3/t11-/m0/s1. The van der Waals surface area contributed by atoms with Crippen LogP contribution in [0.4, 0.5) is 0 Å². The fourth-order valence-corrected chi connectivity index (χ4v) is 2.32. The van der Waals surface area contributed by atoms with Crippen molar-refractivity contribution in [1.29, 1.82) is 0 Å². The predicted molar refractivity (Wildman–Crippen MR) is 76.1 cm³/mol. The van der Waals surface area contributed by atoms with Gasteiger partial charge in [-0.1, -0.05) is 0 Å². The minimum atomic E-state index is 0.246. The summed E-state index contributed by atoms with van der Waals surface area (Å²) in [6, 6.07) is 6.52. The molecule has 98 valence electrons. The number of hydrogen-bond donors (Lipinski definition) is 1. The lowest BCUT2D eigenvalue weighted by Gasteiger charge is -2.04. The molecule has 3 nitrogen and oxygen atoms in total. The molecular formula is C15H22N2O. The number of methoxy groups -OCH3 is 1. The molecule has 3 heteroatoms. The molecule has 0 saturated carbocycles. The molecule has 0 unspecified atom stereocenters. The maximum Gasteiger partial charge on any atom is 0.119 e. The van der Waals surface area contributed by atoms with E-state index in [0.717, 1.165) is 25.1 Å². The smallest absolute Gasteiger partial charge is 0.119 e. The predicted octanol–water partition coefficient (Wildman–Crippen LogP) is 2.95. The maximum absolute atomic E-state index is 5.85. The Morgan fingerprint density at radius 2 is 2.17 bits per heavy atom. The van der Waals surface area contributed by atoms with Gasteiger partial charge < -0.3 is 15.0 Å². The van der Waals surface area contributed by atoms with Crippen LogP contribution in [0.25, 0.3) is 10.9 Å². The van der Waals surface area contributed by atoms with Gasteiger partial charge in [0.05, 0.1) is 7.11 Å². The van der Waals surface area contributed by atoms with Crippen molar-refractivity contribution < 1.29 is 4.74 Å². The molecular weight excluding hydrogens is 224 g/mol. The van der Waals surface area contributed by atoms with Gasteiger partial charge in [-0.2, -0.15) is 0 Å². The minimum Gasteiger partial charge on any atom is -0.497 e. The molecule has 1 atom stereocenters. The summed E-state index contributed by atoms with van der Waals surface area (Å²) in [4.78, 5) is 0. The Hall–Kier alpha value is -1.48. The van der Waals surface area contributed by atoms with E-state index in [1.54, 1.807) is 7.11 Å². The summed E-state index contributed by atoms with van der Waals surface area (Å²) in [6.45, 7) is 5.21. The summed E-state index contributed by atoms with van der Waals surface area (Å²) in [5.74, 6) is 0.915. The van der Waals surface area contributed by atoms with Crippen molar-refractivity contribution in [2.24, 2.45) is 5.73 Å². The van der Waals surface area contributed by atoms with Crippen LogP contribution in [0.3, 0.4) is 0 Å². The van der Waals surface area contributed by atoms with E-state index >= 15 is 0 Å². The molecule has 0 amide bonds. The van der Waals surface area contributed by atoms with Crippen LogP contribution in [-0.2, 0) is 13.0 Å². The average molecular weight is 246 g/mol. The Kier molecular flexibility index (Phi) is 3.92. The second kappa shape index (κ2) is 5.44. The van der Waals surface area contributed by atoms with Crippen molar-refractivity contribution in [2.75, 3.05) is 7.11 Å². The Bertz CT molecular complexity index is 529. The van der Waals surface area contributed by atoms with E-state index < -0.39 is 0 Å². The molecule has 0 radical (unpaired) electrons. The number of fused-ring (bicyclic) bond motifs is 1. The lowest BCUT2D eigenvalue weighted by Crippen LogP contribution is -2.15. The first-order chi connectivity index (χ1) is 8.65. The Balaban J connectivity index is 2.43. The molecule has 18 heavy (non-hydrogen) atoms. The van der Waals surface area contributed by atoms with Crippen LogP contribution in [0, 0.1) is 0 Å². The van der Waals surface area contributed by atoms with Crippen LogP contribution in [0.15, 0.2) is 24.4 Å². The molecule has 0 aliphatic carbocycles. The van der Waals surface area contributed by atoms with Crippen LogP contribution in [0.5, 0.6) is 5.75 Å². The third-order valence-electron chi connectivity index (χ3n) is 3.38. The highest BCUT2D eigenvalue weighted by Crippen LogP contribution is 2.27. The third-order valence-corrected chi connectivity index (χ3v) is 3.38. The molecule has 2 N–H and O–H groups in total. The maximum atomic E-state index is 5.85. The molecule has 0 saturated heterocycles. The van der Waals surface area contributed by atoms with Crippen molar-refractivity contribution in [1.82, 2.24) is 4.57 Å². The molecule has 0 spiro atoms. The second-order valence-corrected chi connectivity index (χ2v) is 4.84. The molecule has 0 fully saturated rings. The van der Waals surface area contributed by atoms with E-state index in [4.69, 9.17) is 10.5 Å². The summed E-state index contributed by atoms with van der Waals surface area (Å²) >= 11 is 0. The first-order valence-corrected chi connectivity index (χ1v) is 6.57. The Labute approximate surface area is 109 Å². The highest BCUT2D eigenvalue weighted by molar-refractivity contribution is 5.85. The van der Waals surface area contributed by atoms with Gasteiger partial charge >= 0.3 is 0 Å². The first-order valence-electron chi connectivity index (χ1n) is 6.57. The second-order valence-electron chi connectivity index (χ2n) is 4.84. The molecule has 0 aliphatic rings. The summed E-state index contributed by atoms with van der Waals surface area (Å²) < 4.78 is 7.59. The van der Waals surface area contributed by atoms with Gasteiger partial charge in [0, 0.05) is 29.7 Å². The van der Waals surface area contributed by atoms with Gasteiger partial charge in [-0.25, -0.2) is 0 Å². The number of benzene rings is 1. The van der Waals surface area contributed by atoms with Crippen LogP contribution in [0.1, 0.15) is 25.8 Å². The SMILES string of the molecule is CCn1cc(CC[C@H](C)N)c2cc(OC)ccc21. The normalized spacial score (nSPS) is 12.9. The zero-order chi connectivity index (χ0) is 13.1. The number of ether oxygens (including phenoxy) is 1. The van der Waals surface area contributed by atoms with Gasteiger partial charge in [-0.3, -0.25) is 0 Å². The monoisotopic (exact) mass is 246 g/mol. The topological polar surface area (TPSA) is 40.2 Å². The molecule has 1 heterocycles. The van der Waals surface area contributed by atoms with Gasteiger partial charge in [0.2, 0.25) is 0 Å². The Morgan fingerprint density at radius 3 is 2.78 bits per heavy atom. The number of nitrogens with zero attached hydrogens (tertiary/aromatic N) is 1. The number of aryl methyl sites for hydroxylation is 2. The lowest BCUT2D eigenvalue weighted by molar-refractivity contribution is 0.415. The third kappa shape index (κ3) is 2.51. The summed E-state index contributed by atoms with van der Waals surface area (Å²) in [5.41, 5.74) is 8.49. The van der Waals surface area contributed by atoms with Crippen LogP contribution in [0.2, 0.25) is 0 Å². The van der Waals surface area contributed by atoms with Crippen molar-refractivity contribution in [3.05, 3.63) is 30.0 Å². The summed E-state index contributed by atoms with van der Waals surface area (Å²) in [5, 5.41) is 1.29. The van der Waals surface area contributed by atoms with Crippen LogP contribution < -0.4 is 10.5 Å². The number of hydrogen-bond acceptors (Lipinski definition) is 2. The molecule has 0 bridgehead atoms. The lowest BCUT2D eigenvalue weighted by atomic mass is 10.1. The number of rotatable bonds is 5. The van der Waals surface area contributed by atoms with Gasteiger partial charge in [0.15, 0.2) is 0 Å². The minimum absolute atomic E-state index is 0.246. The molecule has 1 aromatic carbocycles. The van der Waals surface area contributed by atoms with E-state index in [2.05, 4.69) is 36.7 Å². The van der Waals surface area contributed by atoms with E-state index in [1.165, 1.54) is 16.5 Å². The molecule has 2 aromatic rings. The Morgan fingerprint density at radius 1 is 1.39 bits per heavy atom. The van der Waals surface area contributed by atoms with Crippen molar-refractivity contribution in [3.8, 4) is 5.75 Å². The fourth-order valence-electron chi connectivity index (χ4n) is 2.32. The first kappa shape index (κ1) is 13.0. The summed E-state index contributed by atoms with van der Waals surface area (Å²) in [7, 11) is 1.71. The van der Waals surface area contributed by atoms with E-state index in [1.807, 2.05) is 6.07 Å². The van der Waals surface area contributed by atoms with Crippen LogP contribution >= 0.6 is 0 Å². The fraction of sp³-hybridized carbons (Fsp3) is 0.467. The molecule has 1 aromatic heterocycles. The number of aromatic nitrogens is 1. The van der Waals surface area contributed by atoms with Crippen molar-refractivity contribution in [3.63, 3.8) is 0 Å². The molecule has 0 aliphatic heterocycles. The van der Waals surface area contributed by atoms with Gasteiger partial charge in [-0.15, -0.1) is 0 Å². The molecule has 2 rings (SSSR count). The number of nitrogens with two attached hydrogens (primary N) is 1. The van der Waals surface area contributed by atoms with Gasteiger partial charge in [0.1, 0.15) is 5.75 Å². The van der Waals surface area contributed by atoms with E-state index in [9.17, 15) is 0 Å². The zero-order valence-electron chi connectivity index (χ0n) is 11.4. The van der Waals surface area contributed by atoms with Crippen molar-refractivity contribution >= 4 is 10.9 Å². The van der Waals surface area contributed by atoms with Crippen molar-refractivity contribution in [2.45, 2.75) is 39.3 Å². The average Bonchev–Trinajstić information content (AvgIpc) is 2.73. The quantitative estimate of drug-likeness (QED) is 0.881.